The third-order valence-corrected chi connectivity index (χ3v) is 4.88. The molecule has 1 N–H and O–H groups in total. The molecule has 0 aliphatic carbocycles. The molecule has 3 aromatic rings. The summed E-state index contributed by atoms with van der Waals surface area (Å²) in [6.07, 6.45) is 2.06. The van der Waals surface area contributed by atoms with Gasteiger partial charge in [0.25, 0.3) is 11.7 Å². The summed E-state index contributed by atoms with van der Waals surface area (Å²) < 4.78 is 1.82. The molecule has 0 saturated carbocycles. The van der Waals surface area contributed by atoms with Crippen LogP contribution in [-0.4, -0.2) is 61.7 Å². The van der Waals surface area contributed by atoms with E-state index in [1.165, 1.54) is 0 Å². The van der Waals surface area contributed by atoms with Crippen molar-refractivity contribution in [2.45, 2.75) is 6.10 Å². The summed E-state index contributed by atoms with van der Waals surface area (Å²) in [5.41, 5.74) is 0.432. The first-order chi connectivity index (χ1) is 12.6. The van der Waals surface area contributed by atoms with Crippen molar-refractivity contribution < 1.29 is 9.90 Å². The molecule has 26 heavy (non-hydrogen) atoms. The van der Waals surface area contributed by atoms with E-state index in [0.717, 1.165) is 5.82 Å². The number of anilines is 1. The topological polar surface area (TPSA) is 86.9 Å². The minimum Gasteiger partial charge on any atom is -0.378 e. The fourth-order valence-corrected chi connectivity index (χ4v) is 3.39. The molecule has 134 valence electrons. The summed E-state index contributed by atoms with van der Waals surface area (Å²) in [7, 11) is 0. The van der Waals surface area contributed by atoms with Gasteiger partial charge in [0.2, 0.25) is 0 Å². The molecule has 0 radical (unpaired) electrons. The lowest BCUT2D eigenvalue weighted by atomic mass is 10.1. The van der Waals surface area contributed by atoms with Crippen molar-refractivity contribution in [3.05, 3.63) is 53.4 Å². The van der Waals surface area contributed by atoms with E-state index in [-0.39, 0.29) is 5.91 Å². The van der Waals surface area contributed by atoms with E-state index < -0.39 is 6.10 Å². The minimum atomic E-state index is -1.25. The highest BCUT2D eigenvalue weighted by molar-refractivity contribution is 6.31. The van der Waals surface area contributed by atoms with Gasteiger partial charge in [0, 0.05) is 43.0 Å². The van der Waals surface area contributed by atoms with E-state index in [4.69, 9.17) is 11.6 Å². The molecule has 4 rings (SSSR count). The molecular formula is C17H17ClN6O2. The molecule has 0 bridgehead atoms. The van der Waals surface area contributed by atoms with Crippen molar-refractivity contribution in [1.29, 1.82) is 0 Å². The molecule has 1 aromatic carbocycles. The second-order valence-corrected chi connectivity index (χ2v) is 6.45. The van der Waals surface area contributed by atoms with Crippen molar-refractivity contribution >= 4 is 29.1 Å². The molecule has 2 aromatic heterocycles. The predicted octanol–water partition coefficient (Wildman–Crippen LogP) is 1.16. The largest absolute Gasteiger partial charge is 0.378 e. The number of benzene rings is 1. The van der Waals surface area contributed by atoms with Crippen LogP contribution in [0.25, 0.3) is 5.78 Å². The number of rotatable bonds is 3. The lowest BCUT2D eigenvalue weighted by Crippen LogP contribution is -2.50. The van der Waals surface area contributed by atoms with Gasteiger partial charge in [0.1, 0.15) is 12.1 Å². The van der Waals surface area contributed by atoms with E-state index in [2.05, 4.69) is 20.1 Å². The molecule has 1 aliphatic heterocycles. The maximum absolute atomic E-state index is 12.6. The van der Waals surface area contributed by atoms with Crippen LogP contribution in [0.5, 0.6) is 0 Å². The number of carbonyl (C=O) groups excluding carboxylic acids is 1. The van der Waals surface area contributed by atoms with Gasteiger partial charge in [-0.05, 0) is 12.1 Å². The summed E-state index contributed by atoms with van der Waals surface area (Å²) in [5.74, 6) is 1.14. The van der Waals surface area contributed by atoms with Crippen molar-refractivity contribution in [2.75, 3.05) is 31.1 Å². The second kappa shape index (κ2) is 6.89. The van der Waals surface area contributed by atoms with Gasteiger partial charge in [-0.25, -0.2) is 4.98 Å². The molecule has 9 heteroatoms. The Morgan fingerprint density at radius 2 is 1.92 bits per heavy atom. The van der Waals surface area contributed by atoms with Crippen LogP contribution < -0.4 is 4.90 Å². The quantitative estimate of drug-likeness (QED) is 0.742. The molecule has 1 aliphatic rings. The number of nitrogens with zero attached hydrogens (tertiary/aromatic N) is 6. The Morgan fingerprint density at radius 3 is 2.69 bits per heavy atom. The summed E-state index contributed by atoms with van der Waals surface area (Å²) in [5, 5.41) is 18.6. The molecule has 1 amide bonds. The molecule has 1 fully saturated rings. The van der Waals surface area contributed by atoms with Gasteiger partial charge in [-0.1, -0.05) is 29.8 Å². The van der Waals surface area contributed by atoms with Crippen LogP contribution >= 0.6 is 11.6 Å². The number of carbonyl (C=O) groups is 1. The van der Waals surface area contributed by atoms with Gasteiger partial charge in [-0.3, -0.25) is 9.20 Å². The Kier molecular flexibility index (Phi) is 4.44. The van der Waals surface area contributed by atoms with E-state index >= 15 is 0 Å². The number of halogens is 1. The third kappa shape index (κ3) is 2.97. The van der Waals surface area contributed by atoms with Gasteiger partial charge in [-0.15, -0.1) is 10.2 Å². The average Bonchev–Trinajstić information content (AvgIpc) is 3.16. The van der Waals surface area contributed by atoms with Gasteiger partial charge in [0.05, 0.1) is 0 Å². The summed E-state index contributed by atoms with van der Waals surface area (Å²) >= 11 is 6.09. The first-order valence-electron chi connectivity index (χ1n) is 8.26. The molecule has 1 unspecified atom stereocenters. The predicted molar refractivity (Wildman–Crippen MR) is 96.0 cm³/mol. The smallest absolute Gasteiger partial charge is 0.256 e. The Hall–Kier alpha value is -2.71. The van der Waals surface area contributed by atoms with Crippen LogP contribution in [0.1, 0.15) is 11.7 Å². The Morgan fingerprint density at radius 1 is 1.15 bits per heavy atom. The Bertz CT molecular complexity index is 938. The van der Waals surface area contributed by atoms with Crippen LogP contribution in [-0.2, 0) is 4.79 Å². The number of aliphatic hydroxyl groups is 1. The van der Waals surface area contributed by atoms with Crippen molar-refractivity contribution in [1.82, 2.24) is 24.5 Å². The first kappa shape index (κ1) is 16.7. The average molecular weight is 373 g/mol. The zero-order chi connectivity index (χ0) is 18.1. The van der Waals surface area contributed by atoms with Crippen LogP contribution in [0.4, 0.5) is 5.82 Å². The maximum Gasteiger partial charge on any atom is 0.256 e. The molecule has 0 spiro atoms. The standard InChI is InChI=1S/C17H17ClN6O2/c18-13-4-2-1-3-12(13)15(25)16(26)23-9-7-22(8-10-23)14-5-6-19-17-21-20-11-24(14)17/h1-6,11,15,25H,7-10H2. The minimum absolute atomic E-state index is 0.332. The molecular weight excluding hydrogens is 356 g/mol. The summed E-state index contributed by atoms with van der Waals surface area (Å²) in [6, 6.07) is 8.75. The van der Waals surface area contributed by atoms with E-state index in [0.29, 0.717) is 42.5 Å². The number of piperazine rings is 1. The van der Waals surface area contributed by atoms with E-state index in [9.17, 15) is 9.90 Å². The number of aliphatic hydroxyl groups excluding tert-OH is 1. The van der Waals surface area contributed by atoms with Gasteiger partial charge in [-0.2, -0.15) is 0 Å². The lowest BCUT2D eigenvalue weighted by Gasteiger charge is -2.36. The summed E-state index contributed by atoms with van der Waals surface area (Å²) in [4.78, 5) is 20.6. The summed E-state index contributed by atoms with van der Waals surface area (Å²) in [6.45, 7) is 2.29. The highest BCUT2D eigenvalue weighted by atomic mass is 35.5. The second-order valence-electron chi connectivity index (χ2n) is 6.04. The Labute approximate surface area is 154 Å². The van der Waals surface area contributed by atoms with Gasteiger partial charge < -0.3 is 14.9 Å². The van der Waals surface area contributed by atoms with Crippen molar-refractivity contribution in [2.24, 2.45) is 0 Å². The van der Waals surface area contributed by atoms with Crippen molar-refractivity contribution in [3.63, 3.8) is 0 Å². The number of fused-ring (bicyclic) bond motifs is 1. The zero-order valence-corrected chi connectivity index (χ0v) is 14.6. The molecule has 1 atom stereocenters. The highest BCUT2D eigenvalue weighted by Crippen LogP contribution is 2.25. The zero-order valence-electron chi connectivity index (χ0n) is 13.9. The van der Waals surface area contributed by atoms with Crippen LogP contribution in [0.3, 0.4) is 0 Å². The monoisotopic (exact) mass is 372 g/mol. The van der Waals surface area contributed by atoms with Crippen LogP contribution in [0.15, 0.2) is 42.9 Å². The van der Waals surface area contributed by atoms with Crippen LogP contribution in [0, 0.1) is 0 Å². The fourth-order valence-electron chi connectivity index (χ4n) is 3.15. The molecule has 8 nitrogen and oxygen atoms in total. The van der Waals surface area contributed by atoms with Gasteiger partial charge in [0.15, 0.2) is 6.10 Å². The fraction of sp³-hybridized carbons (Fsp3) is 0.294. The maximum atomic E-state index is 12.6. The van der Waals surface area contributed by atoms with Crippen LogP contribution in [0.2, 0.25) is 5.02 Å². The Balaban J connectivity index is 1.46. The number of amides is 1. The SMILES string of the molecule is O=C(C(O)c1ccccc1Cl)N1CCN(c2ccnc3nncn23)CC1. The lowest BCUT2D eigenvalue weighted by molar-refractivity contribution is -0.140. The molecule has 1 saturated heterocycles. The number of hydrogen-bond donors (Lipinski definition) is 1. The number of hydrogen-bond acceptors (Lipinski definition) is 6. The van der Waals surface area contributed by atoms with Gasteiger partial charge >= 0.3 is 0 Å². The number of aromatic nitrogens is 4. The van der Waals surface area contributed by atoms with E-state index in [1.54, 1.807) is 41.7 Å². The normalized spacial score (nSPS) is 16.1. The third-order valence-electron chi connectivity index (χ3n) is 4.54. The highest BCUT2D eigenvalue weighted by Gasteiger charge is 2.28. The molecule has 3 heterocycles. The van der Waals surface area contributed by atoms with Crippen molar-refractivity contribution in [3.8, 4) is 0 Å². The first-order valence-corrected chi connectivity index (χ1v) is 8.64. The van der Waals surface area contributed by atoms with E-state index in [1.807, 2.05) is 10.5 Å².